The lowest BCUT2D eigenvalue weighted by Gasteiger charge is -2.09. The minimum Gasteiger partial charge on any atom is -0.465 e. The van der Waals surface area contributed by atoms with E-state index in [9.17, 15) is 19.2 Å². The Morgan fingerprint density at radius 1 is 0.543 bits per heavy atom. The molecule has 0 amide bonds. The van der Waals surface area contributed by atoms with Gasteiger partial charge >= 0.3 is 23.9 Å². The number of benzene rings is 2. The molecular formula is C25H24O10. The molecular weight excluding hydrogens is 460 g/mol. The zero-order valence-electron chi connectivity index (χ0n) is 19.6. The third-order valence-electron chi connectivity index (χ3n) is 4.45. The van der Waals surface area contributed by atoms with Gasteiger partial charge < -0.3 is 28.4 Å². The Labute approximate surface area is 201 Å². The monoisotopic (exact) mass is 484 g/mol. The van der Waals surface area contributed by atoms with E-state index in [1.165, 1.54) is 40.6 Å². The van der Waals surface area contributed by atoms with Crippen molar-refractivity contribution in [3.63, 3.8) is 0 Å². The highest BCUT2D eigenvalue weighted by Gasteiger charge is 2.20. The number of methoxy groups -OCH3 is 4. The molecule has 184 valence electrons. The van der Waals surface area contributed by atoms with Crippen molar-refractivity contribution in [2.24, 2.45) is 0 Å². The summed E-state index contributed by atoms with van der Waals surface area (Å²) in [5.74, 6) is -2.25. The Hall–Kier alpha value is -4.60. The number of rotatable bonds is 10. The molecule has 10 heteroatoms. The van der Waals surface area contributed by atoms with Crippen molar-refractivity contribution in [2.45, 2.75) is 0 Å². The highest BCUT2D eigenvalue weighted by atomic mass is 16.7. The summed E-state index contributed by atoms with van der Waals surface area (Å²) in [5, 5.41) is 0. The van der Waals surface area contributed by atoms with Crippen LogP contribution in [0.25, 0.3) is 12.2 Å². The average molecular weight is 484 g/mol. The van der Waals surface area contributed by atoms with Gasteiger partial charge in [0, 0.05) is 0 Å². The maximum Gasteiger partial charge on any atom is 0.345 e. The molecule has 0 fully saturated rings. The molecule has 0 saturated carbocycles. The van der Waals surface area contributed by atoms with Gasteiger partial charge in [0.25, 0.3) is 0 Å². The van der Waals surface area contributed by atoms with Gasteiger partial charge in [0.15, 0.2) is 0 Å². The van der Waals surface area contributed by atoms with Gasteiger partial charge in [0.1, 0.15) is 22.6 Å². The topological polar surface area (TPSA) is 124 Å². The third-order valence-corrected chi connectivity index (χ3v) is 4.45. The van der Waals surface area contributed by atoms with E-state index in [-0.39, 0.29) is 17.9 Å². The second-order valence-electron chi connectivity index (χ2n) is 6.63. The number of ether oxygens (including phenoxy) is 6. The van der Waals surface area contributed by atoms with Gasteiger partial charge in [0.2, 0.25) is 6.79 Å². The summed E-state index contributed by atoms with van der Waals surface area (Å²) in [6.45, 7) is -0.102. The van der Waals surface area contributed by atoms with Crippen LogP contribution in [0.2, 0.25) is 0 Å². The Bertz CT molecular complexity index is 986. The first-order valence-electron chi connectivity index (χ1n) is 10.0. The molecule has 35 heavy (non-hydrogen) atoms. The summed E-state index contributed by atoms with van der Waals surface area (Å²) >= 11 is 0. The SMILES string of the molecule is COC(=O)C(=Cc1ccc(OCOc2ccc(C=C(C(=O)OC)C(=O)OC)cc2)cc1)C(=O)OC. The second-order valence-corrected chi connectivity index (χ2v) is 6.63. The second kappa shape index (κ2) is 13.2. The third kappa shape index (κ3) is 7.74. The van der Waals surface area contributed by atoms with Crippen LogP contribution in [0.5, 0.6) is 11.5 Å². The number of carbonyl (C=O) groups excluding carboxylic acids is 4. The molecule has 0 saturated heterocycles. The molecule has 0 heterocycles. The zero-order valence-corrected chi connectivity index (χ0v) is 19.6. The van der Waals surface area contributed by atoms with Crippen LogP contribution in [-0.4, -0.2) is 59.1 Å². The van der Waals surface area contributed by atoms with E-state index in [0.717, 1.165) is 0 Å². The molecule has 0 N–H and O–H groups in total. The molecule has 0 unspecified atom stereocenters. The van der Waals surface area contributed by atoms with Crippen LogP contribution in [0.3, 0.4) is 0 Å². The summed E-state index contributed by atoms with van der Waals surface area (Å²) in [7, 11) is 4.68. The van der Waals surface area contributed by atoms with Crippen molar-refractivity contribution in [3.05, 3.63) is 70.8 Å². The molecule has 0 aromatic heterocycles. The van der Waals surface area contributed by atoms with Crippen molar-refractivity contribution in [1.29, 1.82) is 0 Å². The van der Waals surface area contributed by atoms with Gasteiger partial charge in [-0.15, -0.1) is 0 Å². The predicted molar refractivity (Wildman–Crippen MR) is 123 cm³/mol. The molecule has 0 bridgehead atoms. The van der Waals surface area contributed by atoms with E-state index >= 15 is 0 Å². The van der Waals surface area contributed by atoms with Crippen molar-refractivity contribution < 1.29 is 47.6 Å². The molecule has 2 aromatic rings. The largest absolute Gasteiger partial charge is 0.465 e. The Balaban J connectivity index is 1.99. The molecule has 0 aliphatic rings. The van der Waals surface area contributed by atoms with Crippen molar-refractivity contribution in [1.82, 2.24) is 0 Å². The van der Waals surface area contributed by atoms with Gasteiger partial charge in [0.05, 0.1) is 28.4 Å². The van der Waals surface area contributed by atoms with Gasteiger partial charge in [-0.25, -0.2) is 19.2 Å². The van der Waals surface area contributed by atoms with Crippen molar-refractivity contribution >= 4 is 36.0 Å². The molecule has 2 rings (SSSR count). The minimum absolute atomic E-state index is 0.102. The summed E-state index contributed by atoms with van der Waals surface area (Å²) in [5.41, 5.74) is 0.642. The van der Waals surface area contributed by atoms with Crippen LogP contribution in [0.15, 0.2) is 59.7 Å². The first kappa shape index (κ1) is 26.7. The Morgan fingerprint density at radius 2 is 0.829 bits per heavy atom. The van der Waals surface area contributed by atoms with Crippen LogP contribution < -0.4 is 9.47 Å². The average Bonchev–Trinajstić information content (AvgIpc) is 2.90. The van der Waals surface area contributed by atoms with Crippen LogP contribution in [0.4, 0.5) is 0 Å². The van der Waals surface area contributed by atoms with E-state index in [2.05, 4.69) is 18.9 Å². The number of hydrogen-bond acceptors (Lipinski definition) is 10. The fourth-order valence-electron chi connectivity index (χ4n) is 2.66. The van der Waals surface area contributed by atoms with Crippen molar-refractivity contribution in [2.75, 3.05) is 35.2 Å². The summed E-state index contributed by atoms with van der Waals surface area (Å²) < 4.78 is 29.4. The van der Waals surface area contributed by atoms with E-state index in [0.29, 0.717) is 22.6 Å². The first-order chi connectivity index (χ1) is 16.8. The Morgan fingerprint density at radius 3 is 1.09 bits per heavy atom. The van der Waals surface area contributed by atoms with Gasteiger partial charge in [-0.3, -0.25) is 0 Å². The molecule has 2 aromatic carbocycles. The summed E-state index contributed by atoms with van der Waals surface area (Å²) in [6, 6.07) is 13.1. The molecule has 0 radical (unpaired) electrons. The summed E-state index contributed by atoms with van der Waals surface area (Å²) in [4.78, 5) is 47.0. The van der Waals surface area contributed by atoms with Crippen LogP contribution in [-0.2, 0) is 38.1 Å². The molecule has 0 aliphatic carbocycles. The normalized spacial score (nSPS) is 9.71. The lowest BCUT2D eigenvalue weighted by atomic mass is 10.1. The zero-order chi connectivity index (χ0) is 25.8. The number of hydrogen-bond donors (Lipinski definition) is 0. The highest BCUT2D eigenvalue weighted by Crippen LogP contribution is 2.18. The van der Waals surface area contributed by atoms with Crippen molar-refractivity contribution in [3.8, 4) is 11.5 Å². The first-order valence-corrected chi connectivity index (χ1v) is 10.0. The number of esters is 4. The minimum atomic E-state index is -0.807. The highest BCUT2D eigenvalue weighted by molar-refractivity contribution is 6.18. The van der Waals surface area contributed by atoms with Gasteiger partial charge in [-0.2, -0.15) is 0 Å². The molecule has 0 aliphatic heterocycles. The summed E-state index contributed by atoms with van der Waals surface area (Å²) in [6.07, 6.45) is 2.69. The quantitative estimate of drug-likeness (QED) is 0.124. The van der Waals surface area contributed by atoms with Gasteiger partial charge in [-0.05, 0) is 47.5 Å². The fraction of sp³-hybridized carbons (Fsp3) is 0.200. The maximum atomic E-state index is 11.7. The van der Waals surface area contributed by atoms with Crippen LogP contribution in [0.1, 0.15) is 11.1 Å². The van der Waals surface area contributed by atoms with E-state index in [1.807, 2.05) is 0 Å². The molecule has 0 spiro atoms. The Kier molecular flexibility index (Phi) is 10.0. The molecule has 10 nitrogen and oxygen atoms in total. The van der Waals surface area contributed by atoms with Crippen LogP contribution >= 0.6 is 0 Å². The predicted octanol–water partition coefficient (Wildman–Crippen LogP) is 2.56. The lowest BCUT2D eigenvalue weighted by molar-refractivity contribution is -0.145. The van der Waals surface area contributed by atoms with Gasteiger partial charge in [-0.1, -0.05) is 24.3 Å². The van der Waals surface area contributed by atoms with E-state index < -0.39 is 23.9 Å². The molecule has 0 atom stereocenters. The number of carbonyl (C=O) groups is 4. The van der Waals surface area contributed by atoms with E-state index in [4.69, 9.17) is 9.47 Å². The fourth-order valence-corrected chi connectivity index (χ4v) is 2.66. The smallest absolute Gasteiger partial charge is 0.345 e. The van der Waals surface area contributed by atoms with Crippen LogP contribution in [0, 0.1) is 0 Å². The maximum absolute atomic E-state index is 11.7. The van der Waals surface area contributed by atoms with E-state index in [1.54, 1.807) is 48.5 Å². The lowest BCUT2D eigenvalue weighted by Crippen LogP contribution is -2.15. The standard InChI is InChI=1S/C25H24O10/c1-30-22(26)20(23(27)31-2)13-16-5-9-18(10-6-16)34-15-35-19-11-7-17(8-12-19)14-21(24(28)32-3)25(29)33-4/h5-14H,15H2,1-4H3.